The summed E-state index contributed by atoms with van der Waals surface area (Å²) in [6, 6.07) is 0. The molecule has 0 radical (unpaired) electrons. The number of ketones is 4. The van der Waals surface area contributed by atoms with Crippen LogP contribution in [0.3, 0.4) is 0 Å². The Morgan fingerprint density at radius 1 is 0.273 bits per heavy atom. The molecule has 0 aromatic heterocycles. The van der Waals surface area contributed by atoms with E-state index in [0.29, 0.717) is 10.8 Å². The average Bonchev–Trinajstić information content (AvgIpc) is 2.83. The summed E-state index contributed by atoms with van der Waals surface area (Å²) in [6.45, 7) is 62.3. The second-order valence-electron chi connectivity index (χ2n) is 13.4. The standard InChI is InChI=1S/2C6H12O.2C5H12.2C3H6O.6C2H6/c2*1-5(7)6(2,3)4;2*1-5(2,3)4;2*1-3(2)4;6*1-2/h2*1-4H3;2*1-4H3;2*1-2H3;6*1-2H3. The maximum absolute atomic E-state index is 10.5. The predicted octanol–water partition coefficient (Wildman–Crippen LogP) is 14.7. The summed E-state index contributed by atoms with van der Waals surface area (Å²) >= 11 is 0. The van der Waals surface area contributed by atoms with Gasteiger partial charge in [-0.2, -0.15) is 0 Å². The van der Waals surface area contributed by atoms with Crippen LogP contribution in [-0.2, 0) is 19.2 Å². The fourth-order valence-corrected chi connectivity index (χ4v) is 0. The molecule has 0 aromatic rings. The Morgan fingerprint density at radius 3 is 0.295 bits per heavy atom. The molecular formula is C40H96O4. The molecule has 0 unspecified atom stereocenters. The normalized spacial score (nSPS) is 8.36. The Hall–Kier alpha value is -1.32. The van der Waals surface area contributed by atoms with E-state index in [2.05, 4.69) is 55.4 Å². The molecule has 0 spiro atoms. The van der Waals surface area contributed by atoms with E-state index in [9.17, 15) is 19.2 Å². The zero-order valence-electron chi connectivity index (χ0n) is 37.6. The zero-order valence-corrected chi connectivity index (χ0v) is 37.6. The molecule has 0 saturated carbocycles. The SMILES string of the molecule is CC.CC.CC.CC.CC.CC.CC(=O)C(C)(C)C.CC(=O)C(C)(C)C.CC(C)(C)C.CC(C)(C)C.CC(C)=O.CC(C)=O. The molecule has 0 bridgehead atoms. The molecular weight excluding hydrogens is 544 g/mol. The van der Waals surface area contributed by atoms with Gasteiger partial charge in [0.15, 0.2) is 0 Å². The van der Waals surface area contributed by atoms with Gasteiger partial charge >= 0.3 is 0 Å². The van der Waals surface area contributed by atoms with Gasteiger partial charge in [-0.25, -0.2) is 0 Å². The second kappa shape index (κ2) is 57.3. The Labute approximate surface area is 285 Å². The van der Waals surface area contributed by atoms with Gasteiger partial charge in [0, 0.05) is 10.8 Å². The largest absolute Gasteiger partial charge is 0.300 e. The van der Waals surface area contributed by atoms with Crippen molar-refractivity contribution in [3.8, 4) is 0 Å². The molecule has 0 heterocycles. The van der Waals surface area contributed by atoms with Crippen LogP contribution in [0, 0.1) is 21.7 Å². The van der Waals surface area contributed by atoms with E-state index < -0.39 is 0 Å². The summed E-state index contributed by atoms with van der Waals surface area (Å²) in [6.07, 6.45) is 0. The quantitative estimate of drug-likeness (QED) is 0.264. The lowest BCUT2D eigenvalue weighted by atomic mass is 9.92. The van der Waals surface area contributed by atoms with Gasteiger partial charge in [-0.15, -0.1) is 0 Å². The van der Waals surface area contributed by atoms with Crippen molar-refractivity contribution in [2.24, 2.45) is 21.7 Å². The minimum Gasteiger partial charge on any atom is -0.300 e. The molecule has 0 fully saturated rings. The average molecular weight is 641 g/mol. The first-order chi connectivity index (χ1) is 19.4. The van der Waals surface area contributed by atoms with Gasteiger partial charge in [0.2, 0.25) is 0 Å². The van der Waals surface area contributed by atoms with Gasteiger partial charge in [-0.1, -0.05) is 180 Å². The van der Waals surface area contributed by atoms with E-state index in [4.69, 9.17) is 0 Å². The lowest BCUT2D eigenvalue weighted by molar-refractivity contribution is -0.124. The number of carbonyl (C=O) groups excluding carboxylic acids is 4. The van der Waals surface area contributed by atoms with E-state index >= 15 is 0 Å². The van der Waals surface area contributed by atoms with Crippen molar-refractivity contribution in [2.45, 2.75) is 222 Å². The highest BCUT2D eigenvalue weighted by Crippen LogP contribution is 2.13. The first-order valence-electron chi connectivity index (χ1n) is 17.3. The Bertz CT molecular complexity index is 433. The third-order valence-electron chi connectivity index (χ3n) is 2.11. The van der Waals surface area contributed by atoms with E-state index in [1.807, 2.05) is 125 Å². The second-order valence-corrected chi connectivity index (χ2v) is 13.4. The molecule has 0 aromatic carbocycles. The van der Waals surface area contributed by atoms with Crippen molar-refractivity contribution in [3.63, 3.8) is 0 Å². The molecule has 0 aliphatic rings. The van der Waals surface area contributed by atoms with Gasteiger partial charge < -0.3 is 9.59 Å². The first kappa shape index (κ1) is 78.8. The van der Waals surface area contributed by atoms with Gasteiger partial charge in [0.05, 0.1) is 0 Å². The van der Waals surface area contributed by atoms with Gasteiger partial charge in [-0.3, -0.25) is 9.59 Å². The molecule has 0 aliphatic heterocycles. The Morgan fingerprint density at radius 2 is 0.295 bits per heavy atom. The van der Waals surface area contributed by atoms with Crippen LogP contribution in [0.5, 0.6) is 0 Å². The molecule has 4 nitrogen and oxygen atoms in total. The molecule has 0 saturated heterocycles. The molecule has 0 aliphatic carbocycles. The summed E-state index contributed by atoms with van der Waals surface area (Å²) in [4.78, 5) is 39.8. The predicted molar refractivity (Wildman–Crippen MR) is 211 cm³/mol. The summed E-state index contributed by atoms with van der Waals surface area (Å²) in [5, 5.41) is 0. The number of carbonyl (C=O) groups is 4. The lowest BCUT2D eigenvalue weighted by Gasteiger charge is -2.11. The molecule has 0 amide bonds. The maximum Gasteiger partial charge on any atom is 0.135 e. The fraction of sp³-hybridized carbons (Fsp3) is 0.900. The number of hydrogen-bond acceptors (Lipinski definition) is 4. The van der Waals surface area contributed by atoms with Crippen LogP contribution >= 0.6 is 0 Å². The molecule has 4 heteroatoms. The van der Waals surface area contributed by atoms with E-state index in [-0.39, 0.29) is 34.0 Å². The topological polar surface area (TPSA) is 68.3 Å². The number of hydrogen-bond donors (Lipinski definition) is 0. The fourth-order valence-electron chi connectivity index (χ4n) is 0. The summed E-state index contributed by atoms with van der Waals surface area (Å²) in [7, 11) is 0. The Balaban J connectivity index is -0.0000000263. The third-order valence-corrected chi connectivity index (χ3v) is 2.11. The van der Waals surface area contributed by atoms with Crippen LogP contribution < -0.4 is 0 Å². The van der Waals surface area contributed by atoms with Crippen LogP contribution in [0.4, 0.5) is 0 Å². The van der Waals surface area contributed by atoms with Crippen molar-refractivity contribution in [3.05, 3.63) is 0 Å². The van der Waals surface area contributed by atoms with Crippen molar-refractivity contribution in [1.29, 1.82) is 0 Å². The smallest absolute Gasteiger partial charge is 0.135 e. The molecule has 0 atom stereocenters. The van der Waals surface area contributed by atoms with Crippen molar-refractivity contribution >= 4 is 23.1 Å². The Kier molecular flexibility index (Phi) is 103. The summed E-state index contributed by atoms with van der Waals surface area (Å²) in [5.74, 6) is 0.819. The van der Waals surface area contributed by atoms with E-state index in [1.165, 1.54) is 27.7 Å². The highest BCUT2D eigenvalue weighted by atomic mass is 16.1. The molecule has 0 rings (SSSR count). The first-order valence-corrected chi connectivity index (χ1v) is 17.3. The molecule has 0 N–H and O–H groups in total. The third kappa shape index (κ3) is 562. The van der Waals surface area contributed by atoms with Gasteiger partial charge in [-0.05, 0) is 52.4 Å². The van der Waals surface area contributed by atoms with Crippen molar-refractivity contribution < 1.29 is 19.2 Å². The van der Waals surface area contributed by atoms with Crippen LogP contribution in [-0.4, -0.2) is 23.1 Å². The lowest BCUT2D eigenvalue weighted by Crippen LogP contribution is -2.15. The highest BCUT2D eigenvalue weighted by molar-refractivity contribution is 5.81. The van der Waals surface area contributed by atoms with Crippen LogP contribution in [0.15, 0.2) is 0 Å². The van der Waals surface area contributed by atoms with Gasteiger partial charge in [0.25, 0.3) is 0 Å². The minimum absolute atomic E-state index is 0.139. The summed E-state index contributed by atoms with van der Waals surface area (Å²) in [5.41, 5.74) is 0.722. The van der Waals surface area contributed by atoms with E-state index in [0.717, 1.165) is 0 Å². The van der Waals surface area contributed by atoms with Crippen LogP contribution in [0.25, 0.3) is 0 Å². The number of rotatable bonds is 0. The molecule has 44 heavy (non-hydrogen) atoms. The van der Waals surface area contributed by atoms with Crippen molar-refractivity contribution in [2.75, 3.05) is 0 Å². The van der Waals surface area contributed by atoms with Crippen LogP contribution in [0.2, 0.25) is 0 Å². The zero-order chi connectivity index (χ0) is 40.3. The van der Waals surface area contributed by atoms with Gasteiger partial charge in [0.1, 0.15) is 23.1 Å². The summed E-state index contributed by atoms with van der Waals surface area (Å²) < 4.78 is 0. The van der Waals surface area contributed by atoms with Crippen LogP contribution in [0.1, 0.15) is 222 Å². The highest BCUT2D eigenvalue weighted by Gasteiger charge is 2.15. The van der Waals surface area contributed by atoms with E-state index in [1.54, 1.807) is 13.8 Å². The maximum atomic E-state index is 10.5. The number of Topliss-reactive ketones (excluding diaryl/α,β-unsaturated/α-hetero) is 4. The molecule has 280 valence electrons. The minimum atomic E-state index is -0.139. The monoisotopic (exact) mass is 641 g/mol. The van der Waals surface area contributed by atoms with Crippen molar-refractivity contribution in [1.82, 2.24) is 0 Å².